The molecule has 1 heterocycles. The quantitative estimate of drug-likeness (QED) is 0.889. The Morgan fingerprint density at radius 1 is 1.28 bits per heavy atom. The standard InChI is InChI=1S/C14H19NO3/c1-9(2)15-14(16)8-11-7-13-12(6-10(11)3)17-4-5-18-13/h6-7,9H,4-5,8H2,1-3H3,(H,15,16). The Morgan fingerprint density at radius 2 is 1.89 bits per heavy atom. The molecule has 1 aliphatic heterocycles. The summed E-state index contributed by atoms with van der Waals surface area (Å²) < 4.78 is 11.0. The van der Waals surface area contributed by atoms with Gasteiger partial charge in [-0.2, -0.15) is 0 Å². The molecule has 4 heteroatoms. The van der Waals surface area contributed by atoms with Gasteiger partial charge in [-0.1, -0.05) is 0 Å². The Hall–Kier alpha value is -1.71. The zero-order valence-electron chi connectivity index (χ0n) is 11.1. The van der Waals surface area contributed by atoms with Crippen molar-refractivity contribution in [3.05, 3.63) is 23.3 Å². The summed E-state index contributed by atoms with van der Waals surface area (Å²) in [4.78, 5) is 11.8. The van der Waals surface area contributed by atoms with E-state index in [1.807, 2.05) is 32.9 Å². The van der Waals surface area contributed by atoms with Gasteiger partial charge < -0.3 is 14.8 Å². The maximum atomic E-state index is 11.8. The molecule has 0 fully saturated rings. The van der Waals surface area contributed by atoms with Crippen LogP contribution in [0.25, 0.3) is 0 Å². The van der Waals surface area contributed by atoms with E-state index >= 15 is 0 Å². The van der Waals surface area contributed by atoms with E-state index in [2.05, 4.69) is 5.32 Å². The fraction of sp³-hybridized carbons (Fsp3) is 0.500. The zero-order chi connectivity index (χ0) is 13.1. The van der Waals surface area contributed by atoms with E-state index in [-0.39, 0.29) is 11.9 Å². The van der Waals surface area contributed by atoms with Crippen LogP contribution in [0.15, 0.2) is 12.1 Å². The van der Waals surface area contributed by atoms with Crippen molar-refractivity contribution in [2.75, 3.05) is 13.2 Å². The van der Waals surface area contributed by atoms with E-state index in [0.717, 1.165) is 22.6 Å². The second kappa shape index (κ2) is 5.29. The first kappa shape index (κ1) is 12.7. The number of hydrogen-bond acceptors (Lipinski definition) is 3. The van der Waals surface area contributed by atoms with Crippen molar-refractivity contribution in [3.8, 4) is 11.5 Å². The fourth-order valence-corrected chi connectivity index (χ4v) is 1.97. The first-order valence-electron chi connectivity index (χ1n) is 6.24. The van der Waals surface area contributed by atoms with E-state index < -0.39 is 0 Å². The molecule has 1 aromatic carbocycles. The van der Waals surface area contributed by atoms with Gasteiger partial charge in [0, 0.05) is 6.04 Å². The van der Waals surface area contributed by atoms with Crippen molar-refractivity contribution in [2.45, 2.75) is 33.2 Å². The number of hydrogen-bond donors (Lipinski definition) is 1. The van der Waals surface area contributed by atoms with E-state index in [9.17, 15) is 4.79 Å². The molecule has 98 valence electrons. The third kappa shape index (κ3) is 2.94. The lowest BCUT2D eigenvalue weighted by molar-refractivity contribution is -0.120. The van der Waals surface area contributed by atoms with Crippen LogP contribution in [0, 0.1) is 6.92 Å². The SMILES string of the molecule is Cc1cc2c(cc1CC(=O)NC(C)C)OCCO2. The Morgan fingerprint density at radius 3 is 2.50 bits per heavy atom. The molecule has 18 heavy (non-hydrogen) atoms. The number of benzene rings is 1. The van der Waals surface area contributed by atoms with Gasteiger partial charge in [0.2, 0.25) is 5.91 Å². The molecular formula is C14H19NO3. The molecule has 0 saturated heterocycles. The van der Waals surface area contributed by atoms with Crippen molar-refractivity contribution in [1.82, 2.24) is 5.32 Å². The van der Waals surface area contributed by atoms with Crippen LogP contribution in [0.3, 0.4) is 0 Å². The minimum absolute atomic E-state index is 0.0322. The summed E-state index contributed by atoms with van der Waals surface area (Å²) in [6, 6.07) is 4.01. The summed E-state index contributed by atoms with van der Waals surface area (Å²) in [5.41, 5.74) is 2.04. The summed E-state index contributed by atoms with van der Waals surface area (Å²) in [6.07, 6.45) is 0.376. The van der Waals surface area contributed by atoms with Gasteiger partial charge in [-0.15, -0.1) is 0 Å². The minimum Gasteiger partial charge on any atom is -0.486 e. The van der Waals surface area contributed by atoms with Crippen molar-refractivity contribution >= 4 is 5.91 Å². The lowest BCUT2D eigenvalue weighted by Crippen LogP contribution is -2.31. The molecule has 0 saturated carbocycles. The van der Waals surface area contributed by atoms with Crippen LogP contribution < -0.4 is 14.8 Å². The van der Waals surface area contributed by atoms with Gasteiger partial charge in [0.15, 0.2) is 11.5 Å². The molecule has 4 nitrogen and oxygen atoms in total. The monoisotopic (exact) mass is 249 g/mol. The molecule has 0 aromatic heterocycles. The topological polar surface area (TPSA) is 47.6 Å². The normalized spacial score (nSPS) is 13.6. The fourth-order valence-electron chi connectivity index (χ4n) is 1.97. The Balaban J connectivity index is 2.15. The van der Waals surface area contributed by atoms with Crippen LogP contribution in [0.5, 0.6) is 11.5 Å². The summed E-state index contributed by atoms with van der Waals surface area (Å²) in [7, 11) is 0. The minimum atomic E-state index is 0.0322. The van der Waals surface area contributed by atoms with Crippen LogP contribution in [0.2, 0.25) is 0 Å². The first-order valence-corrected chi connectivity index (χ1v) is 6.24. The van der Waals surface area contributed by atoms with Gasteiger partial charge in [0.05, 0.1) is 6.42 Å². The van der Waals surface area contributed by atoms with Crippen LogP contribution in [-0.2, 0) is 11.2 Å². The van der Waals surface area contributed by atoms with E-state index in [4.69, 9.17) is 9.47 Å². The number of rotatable bonds is 3. The number of carbonyl (C=O) groups excluding carboxylic acids is 1. The third-order valence-electron chi connectivity index (χ3n) is 2.80. The summed E-state index contributed by atoms with van der Waals surface area (Å²) in [5.74, 6) is 1.54. The van der Waals surface area contributed by atoms with Crippen LogP contribution in [0.1, 0.15) is 25.0 Å². The van der Waals surface area contributed by atoms with Crippen molar-refractivity contribution in [2.24, 2.45) is 0 Å². The highest BCUT2D eigenvalue weighted by molar-refractivity contribution is 5.79. The van der Waals surface area contributed by atoms with E-state index in [0.29, 0.717) is 19.6 Å². The Labute approximate surface area is 107 Å². The predicted octanol–water partition coefficient (Wildman–Crippen LogP) is 1.83. The van der Waals surface area contributed by atoms with Gasteiger partial charge in [0.25, 0.3) is 0 Å². The Kier molecular flexibility index (Phi) is 3.75. The van der Waals surface area contributed by atoms with Gasteiger partial charge in [-0.3, -0.25) is 4.79 Å². The smallest absolute Gasteiger partial charge is 0.224 e. The average molecular weight is 249 g/mol. The summed E-state index contributed by atoms with van der Waals surface area (Å²) in [5, 5.41) is 2.89. The predicted molar refractivity (Wildman–Crippen MR) is 69.2 cm³/mol. The summed E-state index contributed by atoms with van der Waals surface area (Å²) >= 11 is 0. The second-order valence-electron chi connectivity index (χ2n) is 4.82. The number of ether oxygens (including phenoxy) is 2. The Bertz CT molecular complexity index is 455. The zero-order valence-corrected chi connectivity index (χ0v) is 11.1. The van der Waals surface area contributed by atoms with Gasteiger partial charge in [0.1, 0.15) is 13.2 Å². The largest absolute Gasteiger partial charge is 0.486 e. The molecule has 0 bridgehead atoms. The van der Waals surface area contributed by atoms with Crippen LogP contribution in [0.4, 0.5) is 0 Å². The number of fused-ring (bicyclic) bond motifs is 1. The molecule has 0 aliphatic carbocycles. The highest BCUT2D eigenvalue weighted by Gasteiger charge is 2.15. The van der Waals surface area contributed by atoms with Crippen molar-refractivity contribution < 1.29 is 14.3 Å². The molecular weight excluding hydrogens is 230 g/mol. The maximum Gasteiger partial charge on any atom is 0.224 e. The molecule has 2 rings (SSSR count). The molecule has 1 aliphatic rings. The van der Waals surface area contributed by atoms with Gasteiger partial charge in [-0.05, 0) is 44.0 Å². The second-order valence-corrected chi connectivity index (χ2v) is 4.82. The number of carbonyl (C=O) groups is 1. The number of amides is 1. The molecule has 1 aromatic rings. The van der Waals surface area contributed by atoms with E-state index in [1.54, 1.807) is 0 Å². The van der Waals surface area contributed by atoms with Crippen LogP contribution in [-0.4, -0.2) is 25.2 Å². The molecule has 0 atom stereocenters. The number of aryl methyl sites for hydroxylation is 1. The van der Waals surface area contributed by atoms with Gasteiger partial charge in [-0.25, -0.2) is 0 Å². The maximum absolute atomic E-state index is 11.8. The molecule has 1 amide bonds. The first-order chi connectivity index (χ1) is 8.56. The van der Waals surface area contributed by atoms with Crippen molar-refractivity contribution in [1.29, 1.82) is 0 Å². The molecule has 0 radical (unpaired) electrons. The van der Waals surface area contributed by atoms with Crippen molar-refractivity contribution in [3.63, 3.8) is 0 Å². The van der Waals surface area contributed by atoms with Gasteiger partial charge >= 0.3 is 0 Å². The highest BCUT2D eigenvalue weighted by atomic mass is 16.6. The number of nitrogens with one attached hydrogen (secondary N) is 1. The molecule has 1 N–H and O–H groups in total. The average Bonchev–Trinajstić information content (AvgIpc) is 2.29. The summed E-state index contributed by atoms with van der Waals surface area (Å²) in [6.45, 7) is 7.03. The van der Waals surface area contributed by atoms with E-state index in [1.165, 1.54) is 0 Å². The molecule has 0 unspecified atom stereocenters. The lowest BCUT2D eigenvalue weighted by Gasteiger charge is -2.20. The highest BCUT2D eigenvalue weighted by Crippen LogP contribution is 2.33. The van der Waals surface area contributed by atoms with Crippen LogP contribution >= 0.6 is 0 Å². The lowest BCUT2D eigenvalue weighted by atomic mass is 10.0. The molecule has 0 spiro atoms. The third-order valence-corrected chi connectivity index (χ3v) is 2.80.